The van der Waals surface area contributed by atoms with E-state index in [4.69, 9.17) is 4.98 Å². The van der Waals surface area contributed by atoms with E-state index in [1.165, 1.54) is 22.3 Å². The topological polar surface area (TPSA) is 37.8 Å². The van der Waals surface area contributed by atoms with E-state index in [2.05, 4.69) is 43.2 Å². The summed E-state index contributed by atoms with van der Waals surface area (Å²) in [4.78, 5) is 9.15. The first kappa shape index (κ1) is 12.3. The lowest BCUT2D eigenvalue weighted by molar-refractivity contribution is 0.430. The second kappa shape index (κ2) is 4.74. The van der Waals surface area contributed by atoms with Crippen molar-refractivity contribution < 1.29 is 0 Å². The Labute approximate surface area is 114 Å². The minimum atomic E-state index is 0.479. The van der Waals surface area contributed by atoms with Gasteiger partial charge in [0.2, 0.25) is 0 Å². The van der Waals surface area contributed by atoms with E-state index in [0.717, 1.165) is 24.6 Å². The number of rotatable bonds is 2. The van der Waals surface area contributed by atoms with Gasteiger partial charge in [-0.3, -0.25) is 0 Å². The summed E-state index contributed by atoms with van der Waals surface area (Å²) in [5.41, 5.74) is 6.18. The van der Waals surface area contributed by atoms with E-state index in [0.29, 0.717) is 5.92 Å². The molecule has 1 N–H and O–H groups in total. The molecular weight excluding hydrogens is 234 g/mol. The maximum atomic E-state index is 4.75. The molecule has 3 rings (SSSR count). The molecule has 1 fully saturated rings. The molecule has 98 valence electrons. The normalized spacial score (nSPS) is 15.3. The predicted molar refractivity (Wildman–Crippen MR) is 77.3 cm³/mol. The van der Waals surface area contributed by atoms with Gasteiger partial charge in [-0.1, -0.05) is 6.07 Å². The number of benzene rings is 1. The summed E-state index contributed by atoms with van der Waals surface area (Å²) in [6, 6.07) is 6.47. The van der Waals surface area contributed by atoms with Crippen LogP contribution in [0.5, 0.6) is 0 Å². The smallest absolute Gasteiger partial charge is 0.134 e. The first-order valence-electron chi connectivity index (χ1n) is 6.77. The van der Waals surface area contributed by atoms with Crippen LogP contribution >= 0.6 is 0 Å². The molecule has 1 aliphatic heterocycles. The second-order valence-electron chi connectivity index (χ2n) is 5.41. The third-order valence-electron chi connectivity index (χ3n) is 3.94. The average molecular weight is 253 g/mol. The van der Waals surface area contributed by atoms with Gasteiger partial charge < -0.3 is 5.32 Å². The van der Waals surface area contributed by atoms with E-state index >= 15 is 0 Å². The van der Waals surface area contributed by atoms with Crippen LogP contribution in [0.2, 0.25) is 0 Å². The van der Waals surface area contributed by atoms with E-state index in [1.54, 1.807) is 0 Å². The highest BCUT2D eigenvalue weighted by Crippen LogP contribution is 2.26. The molecule has 0 radical (unpaired) electrons. The summed E-state index contributed by atoms with van der Waals surface area (Å²) in [7, 11) is 0. The molecule has 0 aliphatic carbocycles. The van der Waals surface area contributed by atoms with Crippen molar-refractivity contribution in [3.05, 3.63) is 46.9 Å². The van der Waals surface area contributed by atoms with Crippen molar-refractivity contribution in [2.24, 2.45) is 0 Å². The molecule has 0 saturated carbocycles. The van der Waals surface area contributed by atoms with Gasteiger partial charge in [-0.05, 0) is 49.6 Å². The SMILES string of the molecule is Cc1cc(C)c(-c2ccnc(C3CNC3)n2)cc1C. The van der Waals surface area contributed by atoms with Gasteiger partial charge in [-0.2, -0.15) is 0 Å². The molecule has 1 aromatic heterocycles. The largest absolute Gasteiger partial charge is 0.315 e. The van der Waals surface area contributed by atoms with Gasteiger partial charge in [0.15, 0.2) is 0 Å². The van der Waals surface area contributed by atoms with Gasteiger partial charge in [0.1, 0.15) is 5.82 Å². The zero-order valence-corrected chi connectivity index (χ0v) is 11.7. The van der Waals surface area contributed by atoms with Crippen molar-refractivity contribution in [3.8, 4) is 11.3 Å². The third kappa shape index (κ3) is 2.26. The Bertz CT molecular complexity index is 615. The zero-order chi connectivity index (χ0) is 13.4. The summed E-state index contributed by atoms with van der Waals surface area (Å²) >= 11 is 0. The lowest BCUT2D eigenvalue weighted by Gasteiger charge is -2.25. The maximum absolute atomic E-state index is 4.75. The second-order valence-corrected chi connectivity index (χ2v) is 5.41. The van der Waals surface area contributed by atoms with E-state index in [-0.39, 0.29) is 0 Å². The van der Waals surface area contributed by atoms with Gasteiger partial charge in [-0.25, -0.2) is 9.97 Å². The first-order valence-corrected chi connectivity index (χ1v) is 6.77. The Morgan fingerprint density at radius 2 is 1.79 bits per heavy atom. The molecule has 19 heavy (non-hydrogen) atoms. The summed E-state index contributed by atoms with van der Waals surface area (Å²) in [5.74, 6) is 1.45. The third-order valence-corrected chi connectivity index (χ3v) is 3.94. The fourth-order valence-corrected chi connectivity index (χ4v) is 2.43. The molecule has 1 aliphatic rings. The van der Waals surface area contributed by atoms with Gasteiger partial charge in [0, 0.05) is 30.8 Å². The molecule has 1 aromatic carbocycles. The van der Waals surface area contributed by atoms with Crippen molar-refractivity contribution in [1.82, 2.24) is 15.3 Å². The fourth-order valence-electron chi connectivity index (χ4n) is 2.43. The molecule has 0 atom stereocenters. The van der Waals surface area contributed by atoms with Crippen molar-refractivity contribution >= 4 is 0 Å². The summed E-state index contributed by atoms with van der Waals surface area (Å²) < 4.78 is 0. The van der Waals surface area contributed by atoms with Crippen molar-refractivity contribution in [2.75, 3.05) is 13.1 Å². The standard InChI is InChI=1S/C16H19N3/c1-10-6-12(3)14(7-11(10)2)15-4-5-18-16(19-15)13-8-17-9-13/h4-7,13,17H,8-9H2,1-3H3. The van der Waals surface area contributed by atoms with Crippen LogP contribution in [-0.2, 0) is 0 Å². The van der Waals surface area contributed by atoms with Crippen LogP contribution in [-0.4, -0.2) is 23.1 Å². The summed E-state index contributed by atoms with van der Waals surface area (Å²) in [6.45, 7) is 8.44. The average Bonchev–Trinajstić information content (AvgIpc) is 2.32. The fraction of sp³-hybridized carbons (Fsp3) is 0.375. The Morgan fingerprint density at radius 1 is 1.05 bits per heavy atom. The number of hydrogen-bond donors (Lipinski definition) is 1. The molecule has 0 spiro atoms. The van der Waals surface area contributed by atoms with Gasteiger partial charge >= 0.3 is 0 Å². The van der Waals surface area contributed by atoms with Gasteiger partial charge in [-0.15, -0.1) is 0 Å². The Hall–Kier alpha value is -1.74. The number of aryl methyl sites for hydroxylation is 3. The number of nitrogens with zero attached hydrogens (tertiary/aromatic N) is 2. The zero-order valence-electron chi connectivity index (χ0n) is 11.7. The van der Waals surface area contributed by atoms with Crippen LogP contribution in [0.25, 0.3) is 11.3 Å². The van der Waals surface area contributed by atoms with E-state index < -0.39 is 0 Å². The molecular formula is C16H19N3. The Kier molecular flexibility index (Phi) is 3.07. The lowest BCUT2D eigenvalue weighted by Crippen LogP contribution is -2.40. The summed E-state index contributed by atoms with van der Waals surface area (Å²) in [5, 5.41) is 3.27. The molecule has 2 heterocycles. The van der Waals surface area contributed by atoms with Crippen molar-refractivity contribution in [3.63, 3.8) is 0 Å². The van der Waals surface area contributed by atoms with Gasteiger partial charge in [0.05, 0.1) is 5.69 Å². The number of aromatic nitrogens is 2. The first-order chi connectivity index (χ1) is 9.15. The molecule has 3 nitrogen and oxygen atoms in total. The molecule has 0 amide bonds. The highest BCUT2D eigenvalue weighted by atomic mass is 15.0. The van der Waals surface area contributed by atoms with Crippen molar-refractivity contribution in [1.29, 1.82) is 0 Å². The molecule has 1 saturated heterocycles. The summed E-state index contributed by atoms with van der Waals surface area (Å²) in [6.07, 6.45) is 1.88. The molecule has 0 unspecified atom stereocenters. The van der Waals surface area contributed by atoms with E-state index in [9.17, 15) is 0 Å². The molecule has 0 bridgehead atoms. The monoisotopic (exact) mass is 253 g/mol. The van der Waals surface area contributed by atoms with Crippen LogP contribution in [0.4, 0.5) is 0 Å². The van der Waals surface area contributed by atoms with E-state index in [1.807, 2.05) is 12.3 Å². The molecule has 2 aromatic rings. The predicted octanol–water partition coefficient (Wildman–Crippen LogP) is 2.76. The highest BCUT2D eigenvalue weighted by Gasteiger charge is 2.22. The van der Waals surface area contributed by atoms with Crippen LogP contribution in [0, 0.1) is 20.8 Å². The highest BCUT2D eigenvalue weighted by molar-refractivity contribution is 5.65. The van der Waals surface area contributed by atoms with Crippen LogP contribution in [0.15, 0.2) is 24.4 Å². The number of nitrogens with one attached hydrogen (secondary N) is 1. The van der Waals surface area contributed by atoms with Crippen LogP contribution < -0.4 is 5.32 Å². The quantitative estimate of drug-likeness (QED) is 0.894. The minimum absolute atomic E-state index is 0.479. The Morgan fingerprint density at radius 3 is 2.47 bits per heavy atom. The lowest BCUT2D eigenvalue weighted by atomic mass is 9.98. The maximum Gasteiger partial charge on any atom is 0.134 e. The van der Waals surface area contributed by atoms with Gasteiger partial charge in [0.25, 0.3) is 0 Å². The van der Waals surface area contributed by atoms with Crippen LogP contribution in [0.1, 0.15) is 28.4 Å². The van der Waals surface area contributed by atoms with Crippen molar-refractivity contribution in [2.45, 2.75) is 26.7 Å². The number of hydrogen-bond acceptors (Lipinski definition) is 3. The minimum Gasteiger partial charge on any atom is -0.315 e. The molecule has 3 heteroatoms. The Balaban J connectivity index is 2.04. The van der Waals surface area contributed by atoms with Crippen LogP contribution in [0.3, 0.4) is 0 Å².